The van der Waals surface area contributed by atoms with Crippen LogP contribution in [0.3, 0.4) is 0 Å². The van der Waals surface area contributed by atoms with Crippen LogP contribution in [0.15, 0.2) is 5.16 Å². The van der Waals surface area contributed by atoms with Gasteiger partial charge in [-0.25, -0.2) is 0 Å². The molecule has 4 aliphatic rings. The molecule has 1 heterocycles. The Morgan fingerprint density at radius 3 is 2.68 bits per heavy atom. The Hall–Kier alpha value is -1.06. The molecule has 0 radical (unpaired) electrons. The molecule has 1 aliphatic heterocycles. The zero-order valence-corrected chi connectivity index (χ0v) is 14.1. The van der Waals surface area contributed by atoms with Crippen molar-refractivity contribution in [2.24, 2.45) is 39.7 Å². The van der Waals surface area contributed by atoms with Crippen LogP contribution in [0.25, 0.3) is 0 Å². The zero-order chi connectivity index (χ0) is 15.7. The van der Waals surface area contributed by atoms with Crippen molar-refractivity contribution in [2.75, 3.05) is 7.11 Å². The van der Waals surface area contributed by atoms with E-state index in [4.69, 9.17) is 9.57 Å². The summed E-state index contributed by atoms with van der Waals surface area (Å²) in [5, 5.41) is 4.55. The minimum absolute atomic E-state index is 0.0796. The van der Waals surface area contributed by atoms with Gasteiger partial charge in [-0.15, -0.1) is 0 Å². The number of nitrogens with zero attached hydrogens (tertiary/aromatic N) is 1. The molecule has 0 amide bonds. The van der Waals surface area contributed by atoms with Gasteiger partial charge in [-0.1, -0.05) is 19.0 Å². The lowest BCUT2D eigenvalue weighted by molar-refractivity contribution is -0.157. The first-order valence-corrected chi connectivity index (χ1v) is 8.72. The molecular formula is C18H27NO3. The Bertz CT molecular complexity index is 540. The maximum absolute atomic E-state index is 12.4. The van der Waals surface area contributed by atoms with Crippen LogP contribution in [0.1, 0.15) is 52.9 Å². The van der Waals surface area contributed by atoms with Crippen molar-refractivity contribution < 1.29 is 14.4 Å². The number of ether oxygens (including phenoxy) is 1. The minimum Gasteiger partial charge on any atom is -0.469 e. The maximum atomic E-state index is 12.4. The van der Waals surface area contributed by atoms with Crippen LogP contribution < -0.4 is 0 Å². The molecule has 6 atom stereocenters. The highest BCUT2D eigenvalue weighted by atomic mass is 16.6. The first-order valence-electron chi connectivity index (χ1n) is 8.72. The normalized spacial score (nSPS) is 48.0. The van der Waals surface area contributed by atoms with Crippen LogP contribution in [-0.2, 0) is 14.4 Å². The number of carbonyl (C=O) groups excluding carboxylic acids is 1. The highest BCUT2D eigenvalue weighted by Crippen LogP contribution is 2.61. The fourth-order valence-electron chi connectivity index (χ4n) is 5.89. The van der Waals surface area contributed by atoms with Crippen molar-refractivity contribution in [3.8, 4) is 0 Å². The molecule has 2 bridgehead atoms. The first kappa shape index (κ1) is 14.5. The van der Waals surface area contributed by atoms with Gasteiger partial charge in [-0.2, -0.15) is 0 Å². The average molecular weight is 305 g/mol. The van der Waals surface area contributed by atoms with Crippen molar-refractivity contribution in [1.82, 2.24) is 0 Å². The second-order valence-electron chi connectivity index (χ2n) is 8.58. The molecule has 0 spiro atoms. The van der Waals surface area contributed by atoms with E-state index in [2.05, 4.69) is 25.9 Å². The SMILES string of the molecule is COC(=O)[C@]1(C)CC[C@H](C2=NO[C@H]3[C@@H]4CC[C@@H](C4)[C@@H]23)C1(C)C. The fraction of sp³-hybridized carbons (Fsp3) is 0.889. The molecule has 3 fully saturated rings. The lowest BCUT2D eigenvalue weighted by Gasteiger charge is -2.40. The molecule has 0 saturated heterocycles. The molecule has 122 valence electrons. The molecule has 3 aliphatic carbocycles. The summed E-state index contributed by atoms with van der Waals surface area (Å²) < 4.78 is 5.11. The second-order valence-corrected chi connectivity index (χ2v) is 8.58. The van der Waals surface area contributed by atoms with Crippen LogP contribution in [0, 0.1) is 34.5 Å². The third-order valence-corrected chi connectivity index (χ3v) is 7.68. The van der Waals surface area contributed by atoms with Gasteiger partial charge in [-0.05, 0) is 56.3 Å². The predicted octanol–water partition coefficient (Wildman–Crippen LogP) is 3.40. The summed E-state index contributed by atoms with van der Waals surface area (Å²) in [4.78, 5) is 18.2. The van der Waals surface area contributed by atoms with Gasteiger partial charge in [-0.3, -0.25) is 4.79 Å². The summed E-state index contributed by atoms with van der Waals surface area (Å²) in [5.41, 5.74) is 0.693. The number of esters is 1. The van der Waals surface area contributed by atoms with E-state index in [1.54, 1.807) is 0 Å². The highest BCUT2D eigenvalue weighted by Gasteiger charge is 2.63. The van der Waals surface area contributed by atoms with Crippen LogP contribution in [0.2, 0.25) is 0 Å². The molecule has 4 nitrogen and oxygen atoms in total. The van der Waals surface area contributed by atoms with Gasteiger partial charge < -0.3 is 9.57 Å². The van der Waals surface area contributed by atoms with E-state index in [1.165, 1.54) is 32.1 Å². The van der Waals surface area contributed by atoms with E-state index in [0.717, 1.165) is 18.8 Å². The van der Waals surface area contributed by atoms with E-state index < -0.39 is 5.41 Å². The van der Waals surface area contributed by atoms with Gasteiger partial charge >= 0.3 is 5.97 Å². The number of carbonyl (C=O) groups is 1. The largest absolute Gasteiger partial charge is 0.469 e. The Labute approximate surface area is 132 Å². The molecule has 22 heavy (non-hydrogen) atoms. The molecule has 3 saturated carbocycles. The van der Waals surface area contributed by atoms with Gasteiger partial charge in [0.15, 0.2) is 0 Å². The standard InChI is InChI=1S/C18H27NO3/c1-17(2)12(7-8-18(17,3)16(20)21-4)14-13-10-5-6-11(9-10)15(13)22-19-14/h10-13,15H,5-9H2,1-4H3/t10-,11+,12+,13-,15-,18-/m0/s1. The highest BCUT2D eigenvalue weighted by molar-refractivity contribution is 5.93. The van der Waals surface area contributed by atoms with E-state index in [1.807, 2.05) is 0 Å². The van der Waals surface area contributed by atoms with E-state index in [0.29, 0.717) is 23.9 Å². The number of methoxy groups -OCH3 is 1. The molecule has 0 aromatic heterocycles. The van der Waals surface area contributed by atoms with Crippen LogP contribution in [0.5, 0.6) is 0 Å². The van der Waals surface area contributed by atoms with Crippen LogP contribution in [-0.4, -0.2) is 24.9 Å². The second kappa shape index (κ2) is 4.48. The van der Waals surface area contributed by atoms with Gasteiger partial charge in [0.25, 0.3) is 0 Å². The Balaban J connectivity index is 1.63. The number of fused-ring (bicyclic) bond motifs is 5. The van der Waals surface area contributed by atoms with E-state index in [9.17, 15) is 4.79 Å². The number of oxime groups is 1. The monoisotopic (exact) mass is 305 g/mol. The molecule has 0 N–H and O–H groups in total. The fourth-order valence-corrected chi connectivity index (χ4v) is 5.89. The van der Waals surface area contributed by atoms with Gasteiger partial charge in [0.05, 0.1) is 18.2 Å². The third-order valence-electron chi connectivity index (χ3n) is 7.68. The zero-order valence-electron chi connectivity index (χ0n) is 14.1. The smallest absolute Gasteiger partial charge is 0.312 e. The van der Waals surface area contributed by atoms with Gasteiger partial charge in [0.2, 0.25) is 0 Å². The predicted molar refractivity (Wildman–Crippen MR) is 83.3 cm³/mol. The molecular weight excluding hydrogens is 278 g/mol. The van der Waals surface area contributed by atoms with Crippen molar-refractivity contribution >= 4 is 11.7 Å². The lowest BCUT2D eigenvalue weighted by Crippen LogP contribution is -2.45. The Morgan fingerprint density at radius 1 is 1.23 bits per heavy atom. The average Bonchev–Trinajstić information content (AvgIpc) is 3.21. The third kappa shape index (κ3) is 1.59. The summed E-state index contributed by atoms with van der Waals surface area (Å²) in [6, 6.07) is 0. The van der Waals surface area contributed by atoms with Crippen molar-refractivity contribution in [2.45, 2.75) is 59.0 Å². The lowest BCUT2D eigenvalue weighted by atomic mass is 9.62. The molecule has 0 unspecified atom stereocenters. The maximum Gasteiger partial charge on any atom is 0.312 e. The molecule has 4 heteroatoms. The summed E-state index contributed by atoms with van der Waals surface area (Å²) >= 11 is 0. The summed E-state index contributed by atoms with van der Waals surface area (Å²) in [7, 11) is 1.50. The summed E-state index contributed by atoms with van der Waals surface area (Å²) in [6.07, 6.45) is 6.17. The minimum atomic E-state index is -0.426. The number of hydrogen-bond acceptors (Lipinski definition) is 4. The summed E-state index contributed by atoms with van der Waals surface area (Å²) in [6.45, 7) is 6.49. The Morgan fingerprint density at radius 2 is 1.95 bits per heavy atom. The van der Waals surface area contributed by atoms with Crippen LogP contribution >= 0.6 is 0 Å². The quantitative estimate of drug-likeness (QED) is 0.735. The molecule has 4 rings (SSSR count). The van der Waals surface area contributed by atoms with Crippen molar-refractivity contribution in [3.63, 3.8) is 0 Å². The van der Waals surface area contributed by atoms with Crippen molar-refractivity contribution in [1.29, 1.82) is 0 Å². The molecule has 0 aromatic rings. The summed E-state index contributed by atoms with van der Waals surface area (Å²) in [5.74, 6) is 2.25. The number of rotatable bonds is 2. The van der Waals surface area contributed by atoms with E-state index >= 15 is 0 Å². The van der Waals surface area contributed by atoms with Crippen LogP contribution in [0.4, 0.5) is 0 Å². The van der Waals surface area contributed by atoms with Gasteiger partial charge in [0.1, 0.15) is 6.10 Å². The molecule has 0 aromatic carbocycles. The number of hydrogen-bond donors (Lipinski definition) is 0. The topological polar surface area (TPSA) is 47.9 Å². The van der Waals surface area contributed by atoms with Gasteiger partial charge in [0, 0.05) is 11.8 Å². The van der Waals surface area contributed by atoms with Crippen molar-refractivity contribution in [3.05, 3.63) is 0 Å². The Kier molecular flexibility index (Phi) is 2.96. The first-order chi connectivity index (χ1) is 10.4. The van der Waals surface area contributed by atoms with E-state index in [-0.39, 0.29) is 11.4 Å².